The fraction of sp³-hybridized carbons (Fsp3) is 0.833. The molecule has 0 aromatic heterocycles. The van der Waals surface area contributed by atoms with Gasteiger partial charge in [0.05, 0.1) is 0 Å². The van der Waals surface area contributed by atoms with Gasteiger partial charge in [0.2, 0.25) is 0 Å². The first-order valence-corrected chi connectivity index (χ1v) is 8.58. The fourth-order valence-electron chi connectivity index (χ4n) is 4.52. The number of aliphatic carboxylic acids is 1. The number of ether oxygens (including phenoxy) is 2. The van der Waals surface area contributed by atoms with E-state index in [1.807, 2.05) is 0 Å². The summed E-state index contributed by atoms with van der Waals surface area (Å²) in [7, 11) is 3.44. The summed E-state index contributed by atoms with van der Waals surface area (Å²) in [4.78, 5) is 10.5. The standard InChI is InChI=1S/C18H30O4/c1-21-18(22-2)12-16-14-10-9-13(11-14)15(16)7-5-3-4-6-8-17(19)20/h3,5,13-16,18H,4,6-12H2,1-2H3,(H,19,20)/b5-3-/t13-,14+,15-,16+/m0/s1. The first-order valence-electron chi connectivity index (χ1n) is 8.58. The van der Waals surface area contributed by atoms with Crippen LogP contribution < -0.4 is 0 Å². The van der Waals surface area contributed by atoms with Crippen molar-refractivity contribution < 1.29 is 19.4 Å². The Morgan fingerprint density at radius 1 is 1.18 bits per heavy atom. The highest BCUT2D eigenvalue weighted by atomic mass is 16.7. The first kappa shape index (κ1) is 17.5. The highest BCUT2D eigenvalue weighted by molar-refractivity contribution is 5.66. The minimum atomic E-state index is -0.702. The van der Waals surface area contributed by atoms with Crippen LogP contribution in [0.4, 0.5) is 0 Å². The van der Waals surface area contributed by atoms with Gasteiger partial charge in [0.1, 0.15) is 0 Å². The van der Waals surface area contributed by atoms with E-state index in [4.69, 9.17) is 14.6 Å². The van der Waals surface area contributed by atoms with Crippen molar-refractivity contribution in [3.05, 3.63) is 12.2 Å². The Bertz CT molecular complexity index is 375. The molecular weight excluding hydrogens is 280 g/mol. The summed E-state index contributed by atoms with van der Waals surface area (Å²) in [5, 5.41) is 8.63. The molecule has 0 aliphatic heterocycles. The third kappa shape index (κ3) is 4.56. The van der Waals surface area contributed by atoms with Crippen LogP contribution in [0.1, 0.15) is 51.4 Å². The number of carbonyl (C=O) groups is 1. The summed E-state index contributed by atoms with van der Waals surface area (Å²) in [6.07, 6.45) is 12.5. The highest BCUT2D eigenvalue weighted by Gasteiger charge is 2.47. The lowest BCUT2D eigenvalue weighted by Gasteiger charge is -2.32. The molecule has 0 spiro atoms. The largest absolute Gasteiger partial charge is 0.481 e. The molecule has 0 aromatic rings. The number of rotatable bonds is 10. The molecule has 1 N–H and O–H groups in total. The van der Waals surface area contributed by atoms with Crippen LogP contribution in [-0.4, -0.2) is 31.6 Å². The molecule has 0 heterocycles. The topological polar surface area (TPSA) is 55.8 Å². The van der Waals surface area contributed by atoms with Gasteiger partial charge in [-0.25, -0.2) is 0 Å². The number of allylic oxidation sites excluding steroid dienone is 2. The van der Waals surface area contributed by atoms with Crippen LogP contribution in [0, 0.1) is 23.7 Å². The van der Waals surface area contributed by atoms with Gasteiger partial charge in [0, 0.05) is 27.1 Å². The Morgan fingerprint density at radius 3 is 2.50 bits per heavy atom. The number of carboxylic acid groups (broad SMARTS) is 1. The normalized spacial score (nSPS) is 30.7. The average molecular weight is 310 g/mol. The predicted octanol–water partition coefficient (Wildman–Crippen LogP) is 3.86. The van der Waals surface area contributed by atoms with Gasteiger partial charge in [-0.15, -0.1) is 0 Å². The van der Waals surface area contributed by atoms with Crippen LogP contribution in [-0.2, 0) is 14.3 Å². The van der Waals surface area contributed by atoms with E-state index >= 15 is 0 Å². The molecule has 2 bridgehead atoms. The molecule has 4 nitrogen and oxygen atoms in total. The summed E-state index contributed by atoms with van der Waals surface area (Å²) in [6.45, 7) is 0. The fourth-order valence-corrected chi connectivity index (χ4v) is 4.52. The van der Waals surface area contributed by atoms with E-state index in [-0.39, 0.29) is 12.7 Å². The van der Waals surface area contributed by atoms with Gasteiger partial charge in [-0.3, -0.25) is 4.79 Å². The van der Waals surface area contributed by atoms with E-state index < -0.39 is 5.97 Å². The molecule has 0 aromatic carbocycles. The molecule has 4 atom stereocenters. The second kappa shape index (κ2) is 8.68. The Kier molecular flexibility index (Phi) is 6.90. The van der Waals surface area contributed by atoms with Crippen LogP contribution in [0.3, 0.4) is 0 Å². The van der Waals surface area contributed by atoms with Crippen molar-refractivity contribution in [2.75, 3.05) is 14.2 Å². The summed E-state index contributed by atoms with van der Waals surface area (Å²) in [5.74, 6) is 2.48. The maximum absolute atomic E-state index is 10.5. The zero-order chi connectivity index (χ0) is 15.9. The zero-order valence-corrected chi connectivity index (χ0v) is 13.9. The first-order chi connectivity index (χ1) is 10.7. The lowest BCUT2D eigenvalue weighted by Crippen LogP contribution is -2.28. The molecule has 0 radical (unpaired) electrons. The smallest absolute Gasteiger partial charge is 0.303 e. The SMILES string of the molecule is COC(C[C@@H]1[C@@H]2CC[C@@H](C2)[C@@H]1C/C=C\CCCC(=O)O)OC. The van der Waals surface area contributed by atoms with Crippen LogP contribution in [0.15, 0.2) is 12.2 Å². The van der Waals surface area contributed by atoms with Gasteiger partial charge in [-0.2, -0.15) is 0 Å². The van der Waals surface area contributed by atoms with E-state index in [0.717, 1.165) is 43.4 Å². The van der Waals surface area contributed by atoms with E-state index in [1.165, 1.54) is 19.3 Å². The quantitative estimate of drug-likeness (QED) is 0.378. The molecule has 2 rings (SSSR count). The molecule has 4 heteroatoms. The maximum Gasteiger partial charge on any atom is 0.303 e. The van der Waals surface area contributed by atoms with Crippen molar-refractivity contribution in [3.8, 4) is 0 Å². The van der Waals surface area contributed by atoms with Crippen molar-refractivity contribution in [1.82, 2.24) is 0 Å². The number of methoxy groups -OCH3 is 2. The molecule has 126 valence electrons. The molecule has 0 saturated heterocycles. The Hall–Kier alpha value is -0.870. The van der Waals surface area contributed by atoms with E-state index in [0.29, 0.717) is 5.92 Å². The second-order valence-electron chi connectivity index (χ2n) is 6.79. The number of carboxylic acids is 1. The molecule has 2 aliphatic carbocycles. The van der Waals surface area contributed by atoms with Gasteiger partial charge in [-0.05, 0) is 62.2 Å². The third-order valence-electron chi connectivity index (χ3n) is 5.60. The number of fused-ring (bicyclic) bond motifs is 2. The van der Waals surface area contributed by atoms with Crippen LogP contribution >= 0.6 is 0 Å². The van der Waals surface area contributed by atoms with Crippen LogP contribution in [0.5, 0.6) is 0 Å². The van der Waals surface area contributed by atoms with Crippen molar-refractivity contribution in [1.29, 1.82) is 0 Å². The molecule has 0 unspecified atom stereocenters. The summed E-state index contributed by atoms with van der Waals surface area (Å²) in [5.41, 5.74) is 0. The van der Waals surface area contributed by atoms with Gasteiger partial charge in [0.15, 0.2) is 6.29 Å². The van der Waals surface area contributed by atoms with Crippen molar-refractivity contribution in [2.24, 2.45) is 23.7 Å². The average Bonchev–Trinajstić information content (AvgIpc) is 3.09. The summed E-state index contributed by atoms with van der Waals surface area (Å²) < 4.78 is 10.8. The minimum Gasteiger partial charge on any atom is -0.481 e. The van der Waals surface area contributed by atoms with Gasteiger partial charge in [-0.1, -0.05) is 12.2 Å². The van der Waals surface area contributed by atoms with Gasteiger partial charge < -0.3 is 14.6 Å². The number of hydrogen-bond acceptors (Lipinski definition) is 3. The van der Waals surface area contributed by atoms with E-state index in [1.54, 1.807) is 14.2 Å². The Morgan fingerprint density at radius 2 is 1.86 bits per heavy atom. The maximum atomic E-state index is 10.5. The van der Waals surface area contributed by atoms with Crippen LogP contribution in [0.25, 0.3) is 0 Å². The Labute approximate surface area is 133 Å². The second-order valence-corrected chi connectivity index (χ2v) is 6.79. The number of unbranched alkanes of at least 4 members (excludes halogenated alkanes) is 1. The van der Waals surface area contributed by atoms with Crippen molar-refractivity contribution in [2.45, 2.75) is 57.7 Å². The molecule has 2 saturated carbocycles. The molecular formula is C18H30O4. The molecule has 2 aliphatic rings. The lowest BCUT2D eigenvalue weighted by atomic mass is 9.75. The zero-order valence-electron chi connectivity index (χ0n) is 13.9. The highest BCUT2D eigenvalue weighted by Crippen LogP contribution is 2.55. The Balaban J connectivity index is 1.80. The van der Waals surface area contributed by atoms with Gasteiger partial charge in [0.25, 0.3) is 0 Å². The molecule has 22 heavy (non-hydrogen) atoms. The minimum absolute atomic E-state index is 0.0774. The van der Waals surface area contributed by atoms with Crippen LogP contribution in [0.2, 0.25) is 0 Å². The monoisotopic (exact) mass is 310 g/mol. The summed E-state index contributed by atoms with van der Waals surface area (Å²) >= 11 is 0. The molecule has 0 amide bonds. The molecule has 2 fully saturated rings. The van der Waals surface area contributed by atoms with E-state index in [2.05, 4.69) is 12.2 Å². The van der Waals surface area contributed by atoms with Crippen molar-refractivity contribution in [3.63, 3.8) is 0 Å². The summed E-state index contributed by atoms with van der Waals surface area (Å²) in [6, 6.07) is 0. The number of hydrogen-bond donors (Lipinski definition) is 1. The third-order valence-corrected chi connectivity index (χ3v) is 5.60. The van der Waals surface area contributed by atoms with Crippen molar-refractivity contribution >= 4 is 5.97 Å². The lowest BCUT2D eigenvalue weighted by molar-refractivity contribution is -0.137. The van der Waals surface area contributed by atoms with E-state index in [9.17, 15) is 4.79 Å². The predicted molar refractivity (Wildman–Crippen MR) is 85.5 cm³/mol. The van der Waals surface area contributed by atoms with Gasteiger partial charge >= 0.3 is 5.97 Å².